The van der Waals surface area contributed by atoms with E-state index in [0.717, 1.165) is 33.6 Å². The van der Waals surface area contributed by atoms with Crippen molar-refractivity contribution >= 4 is 27.4 Å². The van der Waals surface area contributed by atoms with Gasteiger partial charge in [-0.05, 0) is 48.6 Å². The molecule has 4 aromatic rings. The van der Waals surface area contributed by atoms with Crippen LogP contribution in [0.3, 0.4) is 0 Å². The Morgan fingerprint density at radius 3 is 2.59 bits per heavy atom. The Morgan fingerprint density at radius 1 is 1.07 bits per heavy atom. The monoisotopic (exact) mass is 587 g/mol. The normalized spacial score (nSPS) is 19.1. The van der Waals surface area contributed by atoms with Crippen molar-refractivity contribution in [2.75, 3.05) is 26.2 Å². The van der Waals surface area contributed by atoms with E-state index in [-0.39, 0.29) is 17.0 Å². The fourth-order valence-corrected chi connectivity index (χ4v) is 6.43. The maximum Gasteiger partial charge on any atom is 0.393 e. The largest absolute Gasteiger partial charge is 0.491 e. The van der Waals surface area contributed by atoms with Gasteiger partial charge >= 0.3 is 6.18 Å². The summed E-state index contributed by atoms with van der Waals surface area (Å²) in [4.78, 5) is 15.4. The third-order valence-electron chi connectivity index (χ3n) is 7.55. The van der Waals surface area contributed by atoms with Crippen molar-refractivity contribution in [1.82, 2.24) is 20.3 Å². The van der Waals surface area contributed by atoms with Crippen molar-refractivity contribution in [1.29, 1.82) is 0 Å². The minimum atomic E-state index is -4.29. The highest BCUT2D eigenvalue weighted by molar-refractivity contribution is 7.18. The zero-order valence-electron chi connectivity index (χ0n) is 23.2. The quantitative estimate of drug-likeness (QED) is 0.273. The minimum absolute atomic E-state index is 0.0622. The fraction of sp³-hybridized carbons (Fsp3) is 0.414. The highest BCUT2D eigenvalue weighted by Gasteiger charge is 2.37. The molecule has 5 rings (SSSR count). The molecule has 8 nitrogen and oxygen atoms in total. The van der Waals surface area contributed by atoms with Crippen molar-refractivity contribution in [2.45, 2.75) is 57.1 Å². The molecule has 1 aliphatic rings. The number of thiophene rings is 1. The molecule has 12 heteroatoms. The Kier molecular flexibility index (Phi) is 8.35. The number of hydrogen-bond acceptors (Lipinski definition) is 9. The molecule has 1 fully saturated rings. The van der Waals surface area contributed by atoms with Crippen LogP contribution in [0.2, 0.25) is 0 Å². The average molecular weight is 588 g/mol. The van der Waals surface area contributed by atoms with Gasteiger partial charge in [0.1, 0.15) is 17.0 Å². The van der Waals surface area contributed by atoms with Crippen LogP contribution in [-0.2, 0) is 13.0 Å². The van der Waals surface area contributed by atoms with Gasteiger partial charge in [-0.25, -0.2) is 15.0 Å². The summed E-state index contributed by atoms with van der Waals surface area (Å²) in [6.45, 7) is 2.69. The predicted molar refractivity (Wildman–Crippen MR) is 153 cm³/mol. The second-order valence-electron chi connectivity index (χ2n) is 10.3. The minimum Gasteiger partial charge on any atom is -0.491 e. The van der Waals surface area contributed by atoms with Crippen LogP contribution in [0, 0.1) is 6.92 Å². The number of likely N-dealkylation sites (N-methyl/N-ethyl adjacent to an activating group) is 1. The number of nitrogens with zero attached hydrogens (tertiary/aromatic N) is 4. The lowest BCUT2D eigenvalue weighted by molar-refractivity contribution is -0.126. The van der Waals surface area contributed by atoms with E-state index in [1.807, 2.05) is 24.1 Å². The van der Waals surface area contributed by atoms with Gasteiger partial charge in [0, 0.05) is 36.3 Å². The van der Waals surface area contributed by atoms with Crippen LogP contribution in [0.5, 0.6) is 11.6 Å². The maximum atomic E-state index is 12.9. The van der Waals surface area contributed by atoms with E-state index in [1.165, 1.54) is 12.4 Å². The van der Waals surface area contributed by atoms with Crippen molar-refractivity contribution in [2.24, 2.45) is 0 Å². The van der Waals surface area contributed by atoms with Crippen LogP contribution in [0.25, 0.3) is 21.3 Å². The van der Waals surface area contributed by atoms with E-state index < -0.39 is 18.7 Å². The van der Waals surface area contributed by atoms with Crippen molar-refractivity contribution in [3.05, 3.63) is 58.9 Å². The van der Waals surface area contributed by atoms with Crippen molar-refractivity contribution in [3.63, 3.8) is 0 Å². The summed E-state index contributed by atoms with van der Waals surface area (Å²) in [7, 11) is 4.96. The lowest BCUT2D eigenvalue weighted by Crippen LogP contribution is -2.38. The van der Waals surface area contributed by atoms with E-state index in [9.17, 15) is 18.3 Å². The second kappa shape index (κ2) is 11.8. The van der Waals surface area contributed by atoms with Crippen LogP contribution in [-0.4, -0.2) is 65.7 Å². The lowest BCUT2D eigenvalue weighted by atomic mass is 10.0. The number of pyridine rings is 1. The number of aromatic nitrogens is 3. The maximum absolute atomic E-state index is 12.9. The molecular weight excluding hydrogens is 555 g/mol. The number of benzene rings is 1. The van der Waals surface area contributed by atoms with Gasteiger partial charge in [-0.3, -0.25) is 0 Å². The van der Waals surface area contributed by atoms with Gasteiger partial charge in [0.2, 0.25) is 0 Å². The Morgan fingerprint density at radius 2 is 1.88 bits per heavy atom. The second-order valence-corrected chi connectivity index (χ2v) is 11.4. The number of hydrogen-bond donors (Lipinski definition) is 2. The number of aliphatic hydroxyl groups is 1. The fourth-order valence-electron chi connectivity index (χ4n) is 5.41. The first-order chi connectivity index (χ1) is 19.6. The molecule has 3 heterocycles. The van der Waals surface area contributed by atoms with E-state index in [2.05, 4.69) is 39.3 Å². The van der Waals surface area contributed by atoms with Gasteiger partial charge < -0.3 is 24.8 Å². The molecule has 0 radical (unpaired) electrons. The molecule has 0 aliphatic heterocycles. The number of anilines is 1. The molecule has 1 saturated carbocycles. The third-order valence-corrected chi connectivity index (χ3v) is 8.59. The zero-order chi connectivity index (χ0) is 29.3. The molecule has 218 valence electrons. The number of halogens is 3. The third kappa shape index (κ3) is 6.39. The van der Waals surface area contributed by atoms with Gasteiger partial charge in [0.05, 0.1) is 38.2 Å². The summed E-state index contributed by atoms with van der Waals surface area (Å²) >= 11 is 1.02. The highest BCUT2D eigenvalue weighted by Crippen LogP contribution is 2.36. The molecule has 1 aliphatic carbocycles. The van der Waals surface area contributed by atoms with Gasteiger partial charge in [-0.15, -0.1) is 11.3 Å². The number of methoxy groups -OCH3 is 2. The predicted octanol–water partition coefficient (Wildman–Crippen LogP) is 5.30. The molecule has 0 bridgehead atoms. The first kappa shape index (κ1) is 29.0. The number of rotatable bonds is 9. The highest BCUT2D eigenvalue weighted by atomic mass is 32.1. The topological polar surface area (TPSA) is 92.6 Å². The molecule has 41 heavy (non-hydrogen) atoms. The average Bonchev–Trinajstić information content (AvgIpc) is 3.52. The molecule has 2 N–H and O–H groups in total. The van der Waals surface area contributed by atoms with Crippen LogP contribution < -0.4 is 19.7 Å². The number of aliphatic hydroxyl groups excluding tert-OH is 1. The Labute approximate surface area is 240 Å². The van der Waals surface area contributed by atoms with Crippen LogP contribution in [0.1, 0.15) is 28.8 Å². The van der Waals surface area contributed by atoms with Crippen LogP contribution in [0.15, 0.2) is 42.9 Å². The summed E-state index contributed by atoms with van der Waals surface area (Å²) in [5.41, 5.74) is 4.19. The number of ether oxygens (including phenoxy) is 2. The number of fused-ring (bicyclic) bond motifs is 1. The van der Waals surface area contributed by atoms with Crippen LogP contribution >= 0.6 is 11.3 Å². The number of alkyl halides is 3. The first-order valence-corrected chi connectivity index (χ1v) is 14.0. The summed E-state index contributed by atoms with van der Waals surface area (Å²) in [5.74, 6) is 1.53. The van der Waals surface area contributed by atoms with Gasteiger partial charge in [-0.1, -0.05) is 18.2 Å². The smallest absolute Gasteiger partial charge is 0.393 e. The number of nitrogens with one attached hydrogen (secondary N) is 1. The summed E-state index contributed by atoms with van der Waals surface area (Å²) in [6.07, 6.45) is -1.57. The molecule has 3 atom stereocenters. The van der Waals surface area contributed by atoms with Gasteiger partial charge in [0.25, 0.3) is 5.88 Å². The molecule has 3 aromatic heterocycles. The standard InChI is InChI=1S/C29H32F3N5O3S/c1-16-7-17(19-8-25(39-3)27(40-4)34-14-19)5-6-18(16)13-33-20-9-23(24(38)10-20)37(2)26-22-11-21(12-29(30,31)32)41-28(22)36-15-35-26/h5-8,11,14-15,20,23-24,33,38H,9-10,12-13H2,1-4H3/t20-,23+,24-/m1/s1. The Hall–Kier alpha value is -3.48. The van der Waals surface area contributed by atoms with Gasteiger partial charge in [-0.2, -0.15) is 13.2 Å². The molecule has 1 aromatic carbocycles. The Bertz CT molecular complexity index is 1530. The SMILES string of the molecule is COc1cc(-c2ccc(CN[C@H]3C[C@@H](O)[C@@H](N(C)c4ncnc5sc(CC(F)(F)F)cc45)C3)c(C)c2)cnc1OC. The van der Waals surface area contributed by atoms with E-state index in [1.54, 1.807) is 20.4 Å². The van der Waals surface area contributed by atoms with Crippen LogP contribution in [0.4, 0.5) is 19.0 Å². The van der Waals surface area contributed by atoms with Crippen molar-refractivity contribution in [3.8, 4) is 22.8 Å². The number of aryl methyl sites for hydroxylation is 1. The molecule has 0 amide bonds. The molecule has 0 spiro atoms. The zero-order valence-corrected chi connectivity index (χ0v) is 24.0. The lowest BCUT2D eigenvalue weighted by Gasteiger charge is -2.28. The summed E-state index contributed by atoms with van der Waals surface area (Å²) < 4.78 is 49.5. The van der Waals surface area contributed by atoms with E-state index in [4.69, 9.17) is 9.47 Å². The molecular formula is C29H32F3N5O3S. The van der Waals surface area contributed by atoms with Gasteiger partial charge in [0.15, 0.2) is 5.75 Å². The summed E-state index contributed by atoms with van der Waals surface area (Å²) in [6, 6.07) is 9.46. The van der Waals surface area contributed by atoms with E-state index >= 15 is 0 Å². The van der Waals surface area contributed by atoms with Crippen molar-refractivity contribution < 1.29 is 27.8 Å². The van der Waals surface area contributed by atoms with E-state index in [0.29, 0.717) is 47.1 Å². The molecule has 0 unspecified atom stereocenters. The Balaban J connectivity index is 1.25. The first-order valence-electron chi connectivity index (χ1n) is 13.2. The summed E-state index contributed by atoms with van der Waals surface area (Å²) in [5, 5.41) is 15.1. The molecule has 0 saturated heterocycles.